The molecule has 0 heterocycles. The van der Waals surface area contributed by atoms with Crippen molar-refractivity contribution in [2.24, 2.45) is 0 Å². The van der Waals surface area contributed by atoms with Gasteiger partial charge in [-0.1, -0.05) is 44.2 Å². The first kappa shape index (κ1) is 20.4. The van der Waals surface area contributed by atoms with Gasteiger partial charge in [0.1, 0.15) is 5.75 Å². The van der Waals surface area contributed by atoms with E-state index in [-0.39, 0.29) is 11.9 Å². The molecule has 0 unspecified atom stereocenters. The highest BCUT2D eigenvalue weighted by Gasteiger charge is 2.20. The van der Waals surface area contributed by atoms with Crippen LogP contribution < -0.4 is 10.1 Å². The van der Waals surface area contributed by atoms with E-state index in [0.717, 1.165) is 23.3 Å². The molecule has 0 bridgehead atoms. The summed E-state index contributed by atoms with van der Waals surface area (Å²) >= 11 is 0. The van der Waals surface area contributed by atoms with E-state index < -0.39 is 6.10 Å². The van der Waals surface area contributed by atoms with Crippen molar-refractivity contribution in [3.05, 3.63) is 64.2 Å². The van der Waals surface area contributed by atoms with Gasteiger partial charge in [-0.25, -0.2) is 0 Å². The maximum absolute atomic E-state index is 12.7. The number of fused-ring (bicyclic) bond motifs is 1. The van der Waals surface area contributed by atoms with E-state index in [0.29, 0.717) is 5.92 Å². The summed E-state index contributed by atoms with van der Waals surface area (Å²) in [7, 11) is 0. The van der Waals surface area contributed by atoms with Crippen LogP contribution >= 0.6 is 0 Å². The number of ether oxygens (including phenoxy) is 1. The van der Waals surface area contributed by atoms with Crippen LogP contribution in [-0.2, 0) is 17.6 Å². The molecule has 1 N–H and O–H groups in total. The summed E-state index contributed by atoms with van der Waals surface area (Å²) in [5.74, 6) is 1.07. The fourth-order valence-corrected chi connectivity index (χ4v) is 3.90. The second-order valence-electron chi connectivity index (χ2n) is 8.42. The van der Waals surface area contributed by atoms with Crippen molar-refractivity contribution in [1.29, 1.82) is 0 Å². The third-order valence-electron chi connectivity index (χ3n) is 5.70. The van der Waals surface area contributed by atoms with E-state index >= 15 is 0 Å². The van der Waals surface area contributed by atoms with Crippen molar-refractivity contribution in [3.63, 3.8) is 0 Å². The Labute approximate surface area is 169 Å². The van der Waals surface area contributed by atoms with Gasteiger partial charge in [0.15, 0.2) is 6.10 Å². The molecular formula is C25H33NO2. The van der Waals surface area contributed by atoms with Gasteiger partial charge >= 0.3 is 0 Å². The number of hydrogen-bond donors (Lipinski definition) is 1. The van der Waals surface area contributed by atoms with E-state index in [9.17, 15) is 4.79 Å². The quantitative estimate of drug-likeness (QED) is 0.705. The fraction of sp³-hybridized carbons (Fsp3) is 0.480. The average Bonchev–Trinajstić information content (AvgIpc) is 2.67. The van der Waals surface area contributed by atoms with Gasteiger partial charge in [0.25, 0.3) is 5.91 Å². The molecule has 3 heteroatoms. The van der Waals surface area contributed by atoms with E-state index in [4.69, 9.17) is 4.74 Å². The molecule has 0 radical (unpaired) electrons. The zero-order valence-electron chi connectivity index (χ0n) is 17.8. The second-order valence-corrected chi connectivity index (χ2v) is 8.42. The number of benzene rings is 2. The zero-order chi connectivity index (χ0) is 20.3. The van der Waals surface area contributed by atoms with Crippen molar-refractivity contribution in [1.82, 2.24) is 5.32 Å². The van der Waals surface area contributed by atoms with Crippen molar-refractivity contribution in [3.8, 4) is 5.75 Å². The van der Waals surface area contributed by atoms with Gasteiger partial charge in [0, 0.05) is 0 Å². The molecule has 2 atom stereocenters. The van der Waals surface area contributed by atoms with Crippen molar-refractivity contribution in [2.75, 3.05) is 0 Å². The molecule has 0 fully saturated rings. The van der Waals surface area contributed by atoms with E-state index in [2.05, 4.69) is 49.5 Å². The average molecular weight is 380 g/mol. The number of aryl methyl sites for hydroxylation is 3. The molecule has 1 aliphatic rings. The molecule has 28 heavy (non-hydrogen) atoms. The Morgan fingerprint density at radius 2 is 1.68 bits per heavy atom. The van der Waals surface area contributed by atoms with Crippen LogP contribution in [0.15, 0.2) is 36.4 Å². The Bertz CT molecular complexity index is 840. The number of nitrogens with one attached hydrogen (secondary N) is 1. The van der Waals surface area contributed by atoms with Crippen molar-refractivity contribution >= 4 is 5.91 Å². The van der Waals surface area contributed by atoms with Crippen LogP contribution in [0.1, 0.15) is 80.3 Å². The molecule has 3 rings (SSSR count). The maximum atomic E-state index is 12.7. The summed E-state index contributed by atoms with van der Waals surface area (Å²) in [4.78, 5) is 12.7. The Kier molecular flexibility index (Phi) is 6.43. The topological polar surface area (TPSA) is 38.3 Å². The molecule has 1 aliphatic carbocycles. The van der Waals surface area contributed by atoms with Gasteiger partial charge in [-0.3, -0.25) is 4.79 Å². The summed E-state index contributed by atoms with van der Waals surface area (Å²) in [6.07, 6.45) is 4.32. The first-order valence-corrected chi connectivity index (χ1v) is 10.5. The largest absolute Gasteiger partial charge is 0.481 e. The minimum atomic E-state index is -0.542. The first-order chi connectivity index (χ1) is 13.3. The van der Waals surface area contributed by atoms with E-state index in [1.165, 1.54) is 36.0 Å². The van der Waals surface area contributed by atoms with Crippen LogP contribution in [0.5, 0.6) is 5.75 Å². The summed E-state index contributed by atoms with van der Waals surface area (Å²) in [6, 6.07) is 12.8. The lowest BCUT2D eigenvalue weighted by atomic mass is 9.89. The predicted molar refractivity (Wildman–Crippen MR) is 115 cm³/mol. The highest BCUT2D eigenvalue weighted by atomic mass is 16.5. The van der Waals surface area contributed by atoms with Crippen LogP contribution in [0.2, 0.25) is 0 Å². The lowest BCUT2D eigenvalue weighted by molar-refractivity contribution is -0.127. The van der Waals surface area contributed by atoms with Crippen LogP contribution in [0.25, 0.3) is 0 Å². The SMILES string of the molecule is Cc1ccc(C(C)C)c(O[C@H](C)C(=O)N[C@@H](C)c2ccc3c(c2)CCCC3)c1. The number of rotatable bonds is 6. The van der Waals surface area contributed by atoms with Gasteiger partial charge in [0.05, 0.1) is 6.04 Å². The van der Waals surface area contributed by atoms with Crippen molar-refractivity contribution < 1.29 is 9.53 Å². The molecule has 0 saturated heterocycles. The summed E-state index contributed by atoms with van der Waals surface area (Å²) < 4.78 is 6.06. The number of hydrogen-bond acceptors (Lipinski definition) is 2. The van der Waals surface area contributed by atoms with Crippen molar-refractivity contribution in [2.45, 2.75) is 78.4 Å². The highest BCUT2D eigenvalue weighted by molar-refractivity contribution is 5.81. The molecule has 150 valence electrons. The van der Waals surface area contributed by atoms with Gasteiger partial charge in [-0.05, 0) is 86.3 Å². The minimum Gasteiger partial charge on any atom is -0.481 e. The van der Waals surface area contributed by atoms with Gasteiger partial charge in [0.2, 0.25) is 0 Å². The molecule has 0 aromatic heterocycles. The summed E-state index contributed by atoms with van der Waals surface area (Å²) in [6.45, 7) is 10.2. The maximum Gasteiger partial charge on any atom is 0.261 e. The number of carbonyl (C=O) groups excluding carboxylic acids is 1. The molecule has 0 saturated carbocycles. The molecule has 0 aliphatic heterocycles. The van der Waals surface area contributed by atoms with Gasteiger partial charge in [-0.2, -0.15) is 0 Å². The minimum absolute atomic E-state index is 0.0344. The molecule has 0 spiro atoms. The second kappa shape index (κ2) is 8.81. The predicted octanol–water partition coefficient (Wildman–Crippen LogP) is 5.64. The third kappa shape index (κ3) is 4.76. The monoisotopic (exact) mass is 379 g/mol. The summed E-state index contributed by atoms with van der Waals surface area (Å²) in [5.41, 5.74) is 6.34. The molecular weight excluding hydrogens is 346 g/mol. The number of amides is 1. The fourth-order valence-electron chi connectivity index (χ4n) is 3.90. The lowest BCUT2D eigenvalue weighted by Gasteiger charge is -2.23. The van der Waals surface area contributed by atoms with Crippen LogP contribution in [0.4, 0.5) is 0 Å². The molecule has 2 aromatic carbocycles. The van der Waals surface area contributed by atoms with Gasteiger partial charge in [-0.15, -0.1) is 0 Å². The smallest absolute Gasteiger partial charge is 0.261 e. The standard InChI is InChI=1S/C25H33NO2/c1-16(2)23-13-10-17(3)14-24(23)28-19(5)25(27)26-18(4)21-12-11-20-8-6-7-9-22(20)15-21/h10-16,18-19H,6-9H2,1-5H3,(H,26,27)/t18-,19+/m0/s1. The first-order valence-electron chi connectivity index (χ1n) is 10.5. The Morgan fingerprint density at radius 1 is 0.964 bits per heavy atom. The third-order valence-corrected chi connectivity index (χ3v) is 5.70. The normalized spacial score (nSPS) is 15.6. The number of carbonyl (C=O) groups is 1. The van der Waals surface area contributed by atoms with Gasteiger partial charge < -0.3 is 10.1 Å². The zero-order valence-corrected chi connectivity index (χ0v) is 17.8. The van der Waals surface area contributed by atoms with Crippen LogP contribution in [-0.4, -0.2) is 12.0 Å². The lowest BCUT2D eigenvalue weighted by Crippen LogP contribution is -2.38. The van der Waals surface area contributed by atoms with Crippen LogP contribution in [0, 0.1) is 6.92 Å². The molecule has 3 nitrogen and oxygen atoms in total. The van der Waals surface area contributed by atoms with E-state index in [1.807, 2.05) is 26.8 Å². The van der Waals surface area contributed by atoms with E-state index in [1.54, 1.807) is 0 Å². The molecule has 2 aromatic rings. The highest BCUT2D eigenvalue weighted by Crippen LogP contribution is 2.29. The molecule has 1 amide bonds. The Balaban J connectivity index is 1.67. The Hall–Kier alpha value is -2.29. The summed E-state index contributed by atoms with van der Waals surface area (Å²) in [5, 5.41) is 3.12. The Morgan fingerprint density at radius 3 is 2.39 bits per heavy atom. The van der Waals surface area contributed by atoms with Crippen LogP contribution in [0.3, 0.4) is 0 Å².